The number of rotatable bonds is 7. The Balaban J connectivity index is 1.87. The van der Waals surface area contributed by atoms with Gasteiger partial charge in [-0.2, -0.15) is 0 Å². The van der Waals surface area contributed by atoms with Crippen molar-refractivity contribution in [2.45, 2.75) is 23.6 Å². The standard InChI is InChI=1S/C26H23ClN2O4S2/c1-15-4-9-19(14-16(15)2)29-26-25(35(31,32)21-12-10-20(33-3)11-13-21)22(28)24(34-26)23(30)17-5-7-18(27)8-6-17/h4-14,29H,28H2,1-3H3. The zero-order valence-electron chi connectivity index (χ0n) is 19.3. The second-order valence-electron chi connectivity index (χ2n) is 7.94. The molecule has 0 atom stereocenters. The Morgan fingerprint density at radius 3 is 2.23 bits per heavy atom. The second-order valence-corrected chi connectivity index (χ2v) is 11.3. The molecular formula is C26H23ClN2O4S2. The van der Waals surface area contributed by atoms with Gasteiger partial charge in [-0.3, -0.25) is 4.79 Å². The van der Waals surface area contributed by atoms with Crippen LogP contribution in [0.4, 0.5) is 16.4 Å². The second kappa shape index (κ2) is 9.73. The molecule has 3 N–H and O–H groups in total. The van der Waals surface area contributed by atoms with Crippen molar-refractivity contribution >= 4 is 54.9 Å². The van der Waals surface area contributed by atoms with E-state index in [2.05, 4.69) is 5.32 Å². The van der Waals surface area contributed by atoms with Gasteiger partial charge in [0.15, 0.2) is 0 Å². The fraction of sp³-hybridized carbons (Fsp3) is 0.115. The maximum absolute atomic E-state index is 13.7. The fourth-order valence-electron chi connectivity index (χ4n) is 3.50. The average Bonchev–Trinajstić information content (AvgIpc) is 3.17. The van der Waals surface area contributed by atoms with Crippen LogP contribution in [0.15, 0.2) is 76.5 Å². The molecule has 4 rings (SSSR count). The minimum absolute atomic E-state index is 0.0384. The molecule has 0 unspecified atom stereocenters. The summed E-state index contributed by atoms with van der Waals surface area (Å²) in [4.78, 5) is 13.3. The van der Waals surface area contributed by atoms with E-state index >= 15 is 0 Å². The van der Waals surface area contributed by atoms with E-state index in [-0.39, 0.29) is 31.1 Å². The number of ketones is 1. The maximum Gasteiger partial charge on any atom is 0.211 e. The number of nitrogens with two attached hydrogens (primary N) is 1. The van der Waals surface area contributed by atoms with Crippen LogP contribution < -0.4 is 15.8 Å². The summed E-state index contributed by atoms with van der Waals surface area (Å²) in [5.41, 5.74) is 9.46. The molecule has 0 fully saturated rings. The molecule has 1 aromatic heterocycles. The molecule has 0 aliphatic rings. The molecule has 9 heteroatoms. The highest BCUT2D eigenvalue weighted by Crippen LogP contribution is 2.44. The van der Waals surface area contributed by atoms with Crippen LogP contribution in [-0.4, -0.2) is 21.3 Å². The number of hydrogen-bond donors (Lipinski definition) is 2. The number of thiophene rings is 1. The number of hydrogen-bond acceptors (Lipinski definition) is 7. The molecule has 0 aliphatic heterocycles. The lowest BCUT2D eigenvalue weighted by Crippen LogP contribution is -2.08. The van der Waals surface area contributed by atoms with Gasteiger partial charge in [-0.1, -0.05) is 17.7 Å². The molecule has 1 heterocycles. The summed E-state index contributed by atoms with van der Waals surface area (Å²) < 4.78 is 32.6. The minimum atomic E-state index is -4.07. The van der Waals surface area contributed by atoms with Gasteiger partial charge < -0.3 is 15.8 Å². The zero-order chi connectivity index (χ0) is 25.3. The lowest BCUT2D eigenvalue weighted by atomic mass is 10.1. The summed E-state index contributed by atoms with van der Waals surface area (Å²) in [6, 6.07) is 18.1. The predicted octanol–water partition coefficient (Wildman–Crippen LogP) is 6.42. The van der Waals surface area contributed by atoms with E-state index in [0.29, 0.717) is 22.0 Å². The first-order valence-electron chi connectivity index (χ1n) is 10.6. The number of ether oxygens (including phenoxy) is 1. The third-order valence-corrected chi connectivity index (χ3v) is 8.97. The third kappa shape index (κ3) is 4.91. The smallest absolute Gasteiger partial charge is 0.211 e. The normalized spacial score (nSPS) is 11.3. The van der Waals surface area contributed by atoms with Crippen molar-refractivity contribution in [3.8, 4) is 5.75 Å². The topological polar surface area (TPSA) is 98.5 Å². The highest BCUT2D eigenvalue weighted by atomic mass is 35.5. The lowest BCUT2D eigenvalue weighted by molar-refractivity contribution is 0.104. The Kier molecular flexibility index (Phi) is 6.89. The zero-order valence-corrected chi connectivity index (χ0v) is 21.6. The van der Waals surface area contributed by atoms with E-state index in [1.807, 2.05) is 32.0 Å². The quantitative estimate of drug-likeness (QED) is 0.270. The Hall–Kier alpha value is -3.33. The molecule has 3 aromatic carbocycles. The summed E-state index contributed by atoms with van der Waals surface area (Å²) in [7, 11) is -2.57. The Morgan fingerprint density at radius 2 is 1.63 bits per heavy atom. The highest BCUT2D eigenvalue weighted by Gasteiger charge is 2.31. The number of anilines is 3. The minimum Gasteiger partial charge on any atom is -0.497 e. The van der Waals surface area contributed by atoms with Gasteiger partial charge in [0.1, 0.15) is 20.5 Å². The number of aryl methyl sites for hydroxylation is 2. The molecule has 0 spiro atoms. The lowest BCUT2D eigenvalue weighted by Gasteiger charge is -2.11. The summed E-state index contributed by atoms with van der Waals surface area (Å²) in [6.45, 7) is 3.96. The number of nitrogens with one attached hydrogen (secondary N) is 1. The molecule has 35 heavy (non-hydrogen) atoms. The van der Waals surface area contributed by atoms with Crippen molar-refractivity contribution < 1.29 is 17.9 Å². The molecular weight excluding hydrogens is 504 g/mol. The van der Waals surface area contributed by atoms with Crippen LogP contribution in [0.2, 0.25) is 5.02 Å². The van der Waals surface area contributed by atoms with Crippen LogP contribution in [0.3, 0.4) is 0 Å². The summed E-state index contributed by atoms with van der Waals surface area (Å²) >= 11 is 6.96. The molecule has 180 valence electrons. The number of sulfone groups is 1. The third-order valence-electron chi connectivity index (χ3n) is 5.62. The van der Waals surface area contributed by atoms with Crippen molar-refractivity contribution in [1.29, 1.82) is 0 Å². The van der Waals surface area contributed by atoms with Crippen molar-refractivity contribution in [1.82, 2.24) is 0 Å². The van der Waals surface area contributed by atoms with Crippen LogP contribution in [0.5, 0.6) is 5.75 Å². The number of benzene rings is 3. The van der Waals surface area contributed by atoms with Crippen molar-refractivity contribution in [3.63, 3.8) is 0 Å². The first kappa shape index (κ1) is 24.8. The monoisotopic (exact) mass is 526 g/mol. The number of methoxy groups -OCH3 is 1. The first-order valence-corrected chi connectivity index (χ1v) is 13.3. The Labute approximate surface area is 213 Å². The van der Waals surface area contributed by atoms with Gasteiger partial charge in [0.25, 0.3) is 0 Å². The molecule has 6 nitrogen and oxygen atoms in total. The Bertz CT molecular complexity index is 1510. The van der Waals surface area contributed by atoms with E-state index in [1.54, 1.807) is 36.4 Å². The number of nitrogen functional groups attached to an aromatic ring is 1. The van der Waals surface area contributed by atoms with Gasteiger partial charge in [0.05, 0.1) is 17.7 Å². The van der Waals surface area contributed by atoms with E-state index in [1.165, 1.54) is 19.2 Å². The van der Waals surface area contributed by atoms with E-state index in [4.69, 9.17) is 22.1 Å². The highest BCUT2D eigenvalue weighted by molar-refractivity contribution is 7.92. The maximum atomic E-state index is 13.7. The van der Waals surface area contributed by atoms with Crippen LogP contribution in [0, 0.1) is 13.8 Å². The number of carbonyl (C=O) groups is 1. The largest absolute Gasteiger partial charge is 0.497 e. The first-order chi connectivity index (χ1) is 16.6. The molecule has 0 bridgehead atoms. The van der Waals surface area contributed by atoms with E-state index in [0.717, 1.165) is 22.5 Å². The molecule has 0 saturated carbocycles. The average molecular weight is 527 g/mol. The summed E-state index contributed by atoms with van der Waals surface area (Å²) in [6.07, 6.45) is 0. The van der Waals surface area contributed by atoms with Crippen molar-refractivity contribution in [3.05, 3.63) is 93.3 Å². The molecule has 0 radical (unpaired) electrons. The molecule has 0 saturated heterocycles. The van der Waals surface area contributed by atoms with Crippen molar-refractivity contribution in [2.24, 2.45) is 0 Å². The van der Waals surface area contributed by atoms with Gasteiger partial charge >= 0.3 is 0 Å². The van der Waals surface area contributed by atoms with Gasteiger partial charge in [0.2, 0.25) is 15.6 Å². The number of halogens is 1. The van der Waals surface area contributed by atoms with Crippen LogP contribution in [0.25, 0.3) is 0 Å². The fourth-order valence-corrected chi connectivity index (χ4v) is 6.56. The number of carbonyl (C=O) groups excluding carboxylic acids is 1. The van der Waals surface area contributed by atoms with Gasteiger partial charge in [-0.15, -0.1) is 11.3 Å². The molecule has 0 aliphatic carbocycles. The summed E-state index contributed by atoms with van der Waals surface area (Å²) in [5.74, 6) is 0.137. The molecule has 0 amide bonds. The SMILES string of the molecule is COc1ccc(S(=O)(=O)c2c(Nc3ccc(C)c(C)c3)sc(C(=O)c3ccc(Cl)cc3)c2N)cc1. The van der Waals surface area contributed by atoms with Gasteiger partial charge in [-0.05, 0) is 85.6 Å². The van der Waals surface area contributed by atoms with Gasteiger partial charge in [-0.25, -0.2) is 8.42 Å². The molecule has 4 aromatic rings. The van der Waals surface area contributed by atoms with Gasteiger partial charge in [0, 0.05) is 16.3 Å². The van der Waals surface area contributed by atoms with Crippen LogP contribution in [-0.2, 0) is 9.84 Å². The van der Waals surface area contributed by atoms with Crippen molar-refractivity contribution in [2.75, 3.05) is 18.2 Å². The Morgan fingerprint density at radius 1 is 0.971 bits per heavy atom. The summed E-state index contributed by atoms with van der Waals surface area (Å²) in [5, 5.41) is 3.93. The van der Waals surface area contributed by atoms with E-state index in [9.17, 15) is 13.2 Å². The predicted molar refractivity (Wildman–Crippen MR) is 141 cm³/mol. The van der Waals surface area contributed by atoms with Crippen LogP contribution >= 0.6 is 22.9 Å². The van der Waals surface area contributed by atoms with E-state index < -0.39 is 9.84 Å². The van der Waals surface area contributed by atoms with Crippen LogP contribution in [0.1, 0.15) is 26.4 Å².